The number of carbonyl (C=O) groups is 3. The molecule has 0 aliphatic carbocycles. The number of nitrogens with zero attached hydrogens (tertiary/aromatic N) is 4. The Balaban J connectivity index is 1.73. The van der Waals surface area contributed by atoms with E-state index < -0.39 is 10.8 Å². The fraction of sp³-hybridized carbons (Fsp3) is 0.318. The van der Waals surface area contributed by atoms with Crippen molar-refractivity contribution in [1.29, 1.82) is 0 Å². The van der Waals surface area contributed by atoms with E-state index in [2.05, 4.69) is 0 Å². The summed E-state index contributed by atoms with van der Waals surface area (Å²) in [5.41, 5.74) is 1.71. The van der Waals surface area contributed by atoms with Gasteiger partial charge >= 0.3 is 0 Å². The zero-order chi connectivity index (χ0) is 22.7. The summed E-state index contributed by atoms with van der Waals surface area (Å²) >= 11 is 0. The van der Waals surface area contributed by atoms with Gasteiger partial charge in [-0.15, -0.1) is 0 Å². The number of hydrogen-bond acceptors (Lipinski definition) is 5. The molecule has 9 nitrogen and oxygen atoms in total. The second-order valence-electron chi connectivity index (χ2n) is 7.72. The lowest BCUT2D eigenvalue weighted by Gasteiger charge is -2.28. The van der Waals surface area contributed by atoms with Gasteiger partial charge < -0.3 is 9.80 Å². The number of rotatable bonds is 6. The van der Waals surface area contributed by atoms with E-state index in [1.165, 1.54) is 39.0 Å². The van der Waals surface area contributed by atoms with Gasteiger partial charge in [-0.05, 0) is 39.0 Å². The maximum absolute atomic E-state index is 12.9. The summed E-state index contributed by atoms with van der Waals surface area (Å²) in [4.78, 5) is 53.0. The molecule has 1 aliphatic rings. The highest BCUT2D eigenvalue weighted by atomic mass is 16.6. The van der Waals surface area contributed by atoms with Crippen molar-refractivity contribution in [2.24, 2.45) is 0 Å². The molecule has 0 spiro atoms. The molecule has 0 bridgehead atoms. The number of benzene rings is 2. The van der Waals surface area contributed by atoms with Gasteiger partial charge in [0.15, 0.2) is 0 Å². The van der Waals surface area contributed by atoms with Crippen LogP contribution in [0.4, 0.5) is 11.4 Å². The number of hydrogen-bond donors (Lipinski definition) is 0. The van der Waals surface area contributed by atoms with Crippen molar-refractivity contribution in [3.63, 3.8) is 0 Å². The van der Waals surface area contributed by atoms with E-state index in [1.807, 2.05) is 31.2 Å². The molecule has 9 heteroatoms. The van der Waals surface area contributed by atoms with Crippen LogP contribution in [0.25, 0.3) is 0 Å². The molecule has 1 heterocycles. The second-order valence-corrected chi connectivity index (χ2v) is 7.72. The third-order valence-electron chi connectivity index (χ3n) is 5.13. The van der Waals surface area contributed by atoms with Crippen LogP contribution in [0.2, 0.25) is 0 Å². The van der Waals surface area contributed by atoms with Crippen molar-refractivity contribution in [2.75, 3.05) is 24.7 Å². The fourth-order valence-corrected chi connectivity index (χ4v) is 3.32. The first kappa shape index (κ1) is 21.9. The van der Waals surface area contributed by atoms with Crippen molar-refractivity contribution < 1.29 is 19.3 Å². The molecule has 31 heavy (non-hydrogen) atoms. The SMILES string of the molecule is Cc1ccc(N2CN(C(=O)CN(C(=O)c3cccc([N+](=O)[O-])c3)C(C)C)CC2=O)cc1. The normalized spacial score (nSPS) is 13.6. The Bertz CT molecular complexity index is 1020. The largest absolute Gasteiger partial charge is 0.327 e. The Morgan fingerprint density at radius 1 is 1.16 bits per heavy atom. The first-order valence-electron chi connectivity index (χ1n) is 9.87. The van der Waals surface area contributed by atoms with E-state index >= 15 is 0 Å². The van der Waals surface area contributed by atoms with E-state index in [0.717, 1.165) is 5.56 Å². The molecule has 3 rings (SSSR count). The number of aryl methyl sites for hydroxylation is 1. The highest BCUT2D eigenvalue weighted by Gasteiger charge is 2.33. The monoisotopic (exact) mass is 424 g/mol. The molecule has 0 atom stereocenters. The van der Waals surface area contributed by atoms with Gasteiger partial charge in [0.05, 0.1) is 4.92 Å². The van der Waals surface area contributed by atoms with E-state index in [0.29, 0.717) is 5.69 Å². The average Bonchev–Trinajstić information content (AvgIpc) is 3.13. The number of nitro benzene ring substituents is 1. The summed E-state index contributed by atoms with van der Waals surface area (Å²) in [6.45, 7) is 5.28. The molecule has 1 fully saturated rings. The molecule has 0 saturated carbocycles. The van der Waals surface area contributed by atoms with Gasteiger partial charge in [0.1, 0.15) is 19.8 Å². The van der Waals surface area contributed by atoms with Gasteiger partial charge in [-0.25, -0.2) is 0 Å². The first-order chi connectivity index (χ1) is 14.7. The highest BCUT2D eigenvalue weighted by Crippen LogP contribution is 2.21. The molecular weight excluding hydrogens is 400 g/mol. The van der Waals surface area contributed by atoms with Crippen LogP contribution in [0.5, 0.6) is 0 Å². The zero-order valence-electron chi connectivity index (χ0n) is 17.6. The molecule has 2 aromatic carbocycles. The number of carbonyl (C=O) groups excluding carboxylic acids is 3. The number of non-ortho nitro benzene ring substituents is 1. The molecule has 0 radical (unpaired) electrons. The molecule has 162 valence electrons. The molecule has 3 amide bonds. The lowest BCUT2D eigenvalue weighted by atomic mass is 10.1. The Hall–Kier alpha value is -3.75. The minimum atomic E-state index is -0.572. The molecule has 1 aliphatic heterocycles. The fourth-order valence-electron chi connectivity index (χ4n) is 3.32. The zero-order valence-corrected chi connectivity index (χ0v) is 17.6. The van der Waals surface area contributed by atoms with Crippen molar-refractivity contribution >= 4 is 29.1 Å². The summed E-state index contributed by atoms with van der Waals surface area (Å²) in [5.74, 6) is -1.04. The second kappa shape index (κ2) is 8.95. The van der Waals surface area contributed by atoms with Crippen LogP contribution < -0.4 is 4.90 Å². The molecule has 2 aromatic rings. The van der Waals surface area contributed by atoms with E-state index in [1.54, 1.807) is 13.8 Å². The summed E-state index contributed by atoms with van der Waals surface area (Å²) in [5, 5.41) is 11.0. The van der Waals surface area contributed by atoms with Crippen LogP contribution in [0, 0.1) is 17.0 Å². The van der Waals surface area contributed by atoms with Crippen molar-refractivity contribution in [2.45, 2.75) is 26.8 Å². The Morgan fingerprint density at radius 2 is 1.84 bits per heavy atom. The maximum atomic E-state index is 12.9. The molecule has 0 aromatic heterocycles. The molecule has 0 N–H and O–H groups in total. The predicted octanol–water partition coefficient (Wildman–Crippen LogP) is 2.59. The van der Waals surface area contributed by atoms with Gasteiger partial charge in [-0.2, -0.15) is 0 Å². The van der Waals surface area contributed by atoms with Gasteiger partial charge in [-0.3, -0.25) is 29.4 Å². The van der Waals surface area contributed by atoms with Crippen molar-refractivity contribution in [3.05, 3.63) is 69.8 Å². The van der Waals surface area contributed by atoms with Gasteiger partial charge in [-0.1, -0.05) is 23.8 Å². The van der Waals surface area contributed by atoms with Gasteiger partial charge in [0.25, 0.3) is 11.6 Å². The minimum absolute atomic E-state index is 0.0658. The smallest absolute Gasteiger partial charge is 0.270 e. The van der Waals surface area contributed by atoms with Gasteiger partial charge in [0, 0.05) is 29.4 Å². The number of nitro groups is 1. The highest BCUT2D eigenvalue weighted by molar-refractivity contribution is 6.01. The third-order valence-corrected chi connectivity index (χ3v) is 5.13. The minimum Gasteiger partial charge on any atom is -0.327 e. The summed E-state index contributed by atoms with van der Waals surface area (Å²) in [6, 6.07) is 12.5. The van der Waals surface area contributed by atoms with Gasteiger partial charge in [0.2, 0.25) is 11.8 Å². The number of amides is 3. The summed E-state index contributed by atoms with van der Waals surface area (Å²) < 4.78 is 0. The van der Waals surface area contributed by atoms with E-state index in [-0.39, 0.29) is 48.9 Å². The van der Waals surface area contributed by atoms with Crippen molar-refractivity contribution in [1.82, 2.24) is 9.80 Å². The van der Waals surface area contributed by atoms with E-state index in [4.69, 9.17) is 0 Å². The Kier molecular flexibility index (Phi) is 6.33. The van der Waals surface area contributed by atoms with Crippen LogP contribution in [-0.4, -0.2) is 58.2 Å². The van der Waals surface area contributed by atoms with Crippen LogP contribution in [0.15, 0.2) is 48.5 Å². The average molecular weight is 424 g/mol. The lowest BCUT2D eigenvalue weighted by molar-refractivity contribution is -0.384. The van der Waals surface area contributed by atoms with Crippen molar-refractivity contribution in [3.8, 4) is 0 Å². The summed E-state index contributed by atoms with van der Waals surface area (Å²) in [7, 11) is 0. The Morgan fingerprint density at radius 3 is 2.45 bits per heavy atom. The molecule has 0 unspecified atom stereocenters. The number of anilines is 1. The third kappa shape index (κ3) is 4.88. The lowest BCUT2D eigenvalue weighted by Crippen LogP contribution is -2.45. The first-order valence-corrected chi connectivity index (χ1v) is 9.87. The Labute approximate surface area is 180 Å². The topological polar surface area (TPSA) is 104 Å². The quantitative estimate of drug-likeness (QED) is 0.524. The van der Waals surface area contributed by atoms with Crippen LogP contribution in [0.1, 0.15) is 29.8 Å². The predicted molar refractivity (Wildman–Crippen MR) is 115 cm³/mol. The molecule has 1 saturated heterocycles. The standard InChI is InChI=1S/C22H24N4O5/c1-15(2)24(22(29)17-5-4-6-19(11-17)26(30)31)13-20(27)23-12-21(28)25(14-23)18-9-7-16(3)8-10-18/h4-11,15H,12-14H2,1-3H3. The molecular formula is C22H24N4O5. The van der Waals surface area contributed by atoms with Crippen LogP contribution in [0.3, 0.4) is 0 Å². The summed E-state index contributed by atoms with van der Waals surface area (Å²) in [6.07, 6.45) is 0. The van der Waals surface area contributed by atoms with Crippen LogP contribution >= 0.6 is 0 Å². The van der Waals surface area contributed by atoms with E-state index in [9.17, 15) is 24.5 Å². The van der Waals surface area contributed by atoms with Crippen LogP contribution in [-0.2, 0) is 9.59 Å². The maximum Gasteiger partial charge on any atom is 0.270 e.